The van der Waals surface area contributed by atoms with Gasteiger partial charge in [-0.1, -0.05) is 12.1 Å². The highest BCUT2D eigenvalue weighted by Gasteiger charge is 2.39. The first-order valence-electron chi connectivity index (χ1n) is 11.8. The topological polar surface area (TPSA) is 118 Å². The number of aliphatic hydroxyl groups is 1. The molecule has 0 saturated heterocycles. The lowest BCUT2D eigenvalue weighted by Crippen LogP contribution is -2.48. The van der Waals surface area contributed by atoms with Gasteiger partial charge >= 0.3 is 0 Å². The number of aromatic nitrogens is 1. The summed E-state index contributed by atoms with van der Waals surface area (Å²) < 4.78 is 27.3. The molecule has 3 atom stereocenters. The Morgan fingerprint density at radius 1 is 1.27 bits per heavy atom. The molecule has 12 heteroatoms. The summed E-state index contributed by atoms with van der Waals surface area (Å²) >= 11 is 0. The van der Waals surface area contributed by atoms with Crippen LogP contribution in [0.25, 0.3) is 0 Å². The third-order valence-corrected chi connectivity index (χ3v) is 6.33. The Kier molecular flexibility index (Phi) is 6.91. The molecule has 1 aromatic heterocycles. The van der Waals surface area contributed by atoms with E-state index in [-0.39, 0.29) is 30.8 Å². The molecule has 3 unspecified atom stereocenters. The number of amides is 1. The highest BCUT2D eigenvalue weighted by Crippen LogP contribution is 2.27. The van der Waals surface area contributed by atoms with Gasteiger partial charge in [-0.3, -0.25) is 19.8 Å². The lowest BCUT2D eigenvalue weighted by Gasteiger charge is -2.32. The SMILES string of the molecule is CC1=CN2C(=NCC2C2C=NN(CC(=O)Nc3cccc(F)c3F)C2)C(NC(CO)c2cccnc2)=N1. The van der Waals surface area contributed by atoms with Crippen LogP contribution in [0, 0.1) is 17.6 Å². The third kappa shape index (κ3) is 5.19. The van der Waals surface area contributed by atoms with E-state index in [1.165, 1.54) is 12.1 Å². The lowest BCUT2D eigenvalue weighted by molar-refractivity contribution is -0.117. The van der Waals surface area contributed by atoms with Crippen LogP contribution in [0.5, 0.6) is 0 Å². The van der Waals surface area contributed by atoms with Crippen LogP contribution in [-0.2, 0) is 4.79 Å². The summed E-state index contributed by atoms with van der Waals surface area (Å²) in [6, 6.07) is 6.87. The Labute approximate surface area is 212 Å². The third-order valence-electron chi connectivity index (χ3n) is 6.33. The maximum atomic E-state index is 13.9. The number of halogens is 2. The number of benzene rings is 1. The smallest absolute Gasteiger partial charge is 0.245 e. The molecule has 10 nitrogen and oxygen atoms in total. The molecule has 0 fully saturated rings. The van der Waals surface area contributed by atoms with E-state index in [1.807, 2.05) is 30.2 Å². The van der Waals surface area contributed by atoms with Crippen molar-refractivity contribution in [3.05, 3.63) is 71.8 Å². The van der Waals surface area contributed by atoms with Gasteiger partial charge in [0.15, 0.2) is 23.3 Å². The van der Waals surface area contributed by atoms with Crippen molar-refractivity contribution in [2.45, 2.75) is 19.0 Å². The number of hydrazone groups is 1. The molecule has 4 heterocycles. The number of nitrogens with zero attached hydrogens (tertiary/aromatic N) is 6. The molecule has 0 radical (unpaired) electrons. The highest BCUT2D eigenvalue weighted by molar-refractivity contribution is 6.41. The standard InChI is InChI=1S/C25H26F2N8O2/c1-15-11-35-21(10-29-25(35)24(31-15)33-20(14-36)16-4-3-7-28-8-16)17-9-30-34(12-17)13-22(37)32-19-6-2-5-18(26)23(19)27/h2-9,11,17,20-21,36H,10,12-14H2,1H3,(H,31,33)(H,32,37). The predicted octanol–water partition coefficient (Wildman–Crippen LogP) is 1.90. The fourth-order valence-corrected chi connectivity index (χ4v) is 4.54. The van der Waals surface area contributed by atoms with Crippen LogP contribution in [0.4, 0.5) is 14.5 Å². The number of aliphatic hydroxyl groups excluding tert-OH is 1. The Balaban J connectivity index is 1.21. The maximum Gasteiger partial charge on any atom is 0.245 e. The van der Waals surface area contributed by atoms with Crippen LogP contribution in [-0.4, -0.2) is 76.1 Å². The Bertz CT molecular complexity index is 1300. The number of anilines is 1. The minimum atomic E-state index is -1.10. The van der Waals surface area contributed by atoms with Crippen molar-refractivity contribution in [3.8, 4) is 0 Å². The Hall–Kier alpha value is -4.19. The van der Waals surface area contributed by atoms with Gasteiger partial charge < -0.3 is 20.6 Å². The summed E-state index contributed by atoms with van der Waals surface area (Å²) in [6.45, 7) is 2.61. The molecule has 3 aliphatic rings. The molecule has 0 spiro atoms. The second-order valence-corrected chi connectivity index (χ2v) is 8.96. The quantitative estimate of drug-likeness (QED) is 0.526. The van der Waals surface area contributed by atoms with Gasteiger partial charge in [-0.25, -0.2) is 13.8 Å². The average molecular weight is 509 g/mol. The van der Waals surface area contributed by atoms with Gasteiger partial charge in [0, 0.05) is 37.3 Å². The molecule has 0 aliphatic carbocycles. The summed E-state index contributed by atoms with van der Waals surface area (Å²) in [7, 11) is 0. The van der Waals surface area contributed by atoms with E-state index in [9.17, 15) is 18.7 Å². The van der Waals surface area contributed by atoms with Crippen molar-refractivity contribution in [1.29, 1.82) is 0 Å². The number of hydrogen-bond acceptors (Lipinski definition) is 9. The molecular weight excluding hydrogens is 482 g/mol. The number of nitrogens with one attached hydrogen (secondary N) is 2. The first-order chi connectivity index (χ1) is 17.9. The lowest BCUT2D eigenvalue weighted by atomic mass is 10.0. The van der Waals surface area contributed by atoms with Crippen molar-refractivity contribution in [1.82, 2.24) is 20.2 Å². The van der Waals surface area contributed by atoms with Crippen LogP contribution in [0.3, 0.4) is 0 Å². The van der Waals surface area contributed by atoms with Crippen LogP contribution >= 0.6 is 0 Å². The number of rotatable bonds is 7. The largest absolute Gasteiger partial charge is 0.394 e. The van der Waals surface area contributed by atoms with E-state index in [0.717, 1.165) is 17.3 Å². The second-order valence-electron chi connectivity index (χ2n) is 8.96. The fourth-order valence-electron chi connectivity index (χ4n) is 4.54. The molecule has 192 valence electrons. The Morgan fingerprint density at radius 3 is 2.92 bits per heavy atom. The van der Waals surface area contributed by atoms with Crippen molar-refractivity contribution < 1.29 is 18.7 Å². The first-order valence-corrected chi connectivity index (χ1v) is 11.8. The number of carbonyl (C=O) groups excluding carboxylic acids is 1. The minimum absolute atomic E-state index is 0.0321. The normalized spacial score (nSPS) is 21.2. The number of fused-ring (bicyclic) bond motifs is 1. The number of carbonyl (C=O) groups is 1. The second kappa shape index (κ2) is 10.4. The molecular formula is C25H26F2N8O2. The van der Waals surface area contributed by atoms with Gasteiger partial charge in [0.1, 0.15) is 6.54 Å². The molecule has 0 saturated carbocycles. The molecule has 1 aromatic carbocycles. The van der Waals surface area contributed by atoms with E-state index in [2.05, 4.69) is 25.7 Å². The monoisotopic (exact) mass is 508 g/mol. The summed E-state index contributed by atoms with van der Waals surface area (Å²) in [5, 5.41) is 21.6. The summed E-state index contributed by atoms with van der Waals surface area (Å²) in [5.74, 6) is -1.42. The van der Waals surface area contributed by atoms with Crippen molar-refractivity contribution >= 4 is 29.5 Å². The summed E-state index contributed by atoms with van der Waals surface area (Å²) in [6.07, 6.45) is 7.08. The molecule has 0 bridgehead atoms. The van der Waals surface area contributed by atoms with Crippen LogP contribution in [0.2, 0.25) is 0 Å². The van der Waals surface area contributed by atoms with Gasteiger partial charge in [-0.05, 0) is 30.7 Å². The molecule has 5 rings (SSSR count). The molecule has 37 heavy (non-hydrogen) atoms. The zero-order valence-electron chi connectivity index (χ0n) is 20.1. The molecule has 3 N–H and O–H groups in total. The van der Waals surface area contributed by atoms with Crippen molar-refractivity contribution in [3.63, 3.8) is 0 Å². The zero-order valence-corrected chi connectivity index (χ0v) is 20.1. The highest BCUT2D eigenvalue weighted by atomic mass is 19.2. The van der Waals surface area contributed by atoms with Gasteiger partial charge in [-0.15, -0.1) is 0 Å². The van der Waals surface area contributed by atoms with Gasteiger partial charge in [0.05, 0.1) is 36.6 Å². The summed E-state index contributed by atoms with van der Waals surface area (Å²) in [5.41, 5.74) is 1.40. The van der Waals surface area contributed by atoms with Gasteiger partial charge in [-0.2, -0.15) is 5.10 Å². The predicted molar refractivity (Wildman–Crippen MR) is 135 cm³/mol. The van der Waals surface area contributed by atoms with Crippen LogP contribution in [0.15, 0.2) is 69.7 Å². The van der Waals surface area contributed by atoms with E-state index < -0.39 is 23.6 Å². The average Bonchev–Trinajstić information content (AvgIpc) is 3.52. The van der Waals surface area contributed by atoms with Crippen LogP contribution in [0.1, 0.15) is 18.5 Å². The van der Waals surface area contributed by atoms with Crippen molar-refractivity contribution in [2.24, 2.45) is 21.0 Å². The minimum Gasteiger partial charge on any atom is -0.394 e. The molecule has 3 aliphatic heterocycles. The van der Waals surface area contributed by atoms with E-state index in [1.54, 1.807) is 23.6 Å². The number of hydrogen-bond donors (Lipinski definition) is 3. The molecule has 2 aromatic rings. The summed E-state index contributed by atoms with van der Waals surface area (Å²) in [4.78, 5) is 27.9. The van der Waals surface area contributed by atoms with Gasteiger partial charge in [0.2, 0.25) is 5.91 Å². The Morgan fingerprint density at radius 2 is 2.14 bits per heavy atom. The number of aliphatic imine (C=N–C) groups is 2. The molecule has 1 amide bonds. The van der Waals surface area contributed by atoms with E-state index in [4.69, 9.17) is 4.99 Å². The number of allylic oxidation sites excluding steroid dienone is 1. The maximum absolute atomic E-state index is 13.9. The van der Waals surface area contributed by atoms with Crippen molar-refractivity contribution in [2.75, 3.05) is 31.6 Å². The van der Waals surface area contributed by atoms with E-state index >= 15 is 0 Å². The van der Waals surface area contributed by atoms with Gasteiger partial charge in [0.25, 0.3) is 0 Å². The zero-order chi connectivity index (χ0) is 25.9. The number of amidine groups is 2. The van der Waals surface area contributed by atoms with Crippen LogP contribution < -0.4 is 10.6 Å². The first kappa shape index (κ1) is 24.5. The number of pyridine rings is 1. The fraction of sp³-hybridized carbons (Fsp3) is 0.320. The van der Waals surface area contributed by atoms with E-state index in [0.29, 0.717) is 24.8 Å².